The molecular weight excluding hydrogens is 194 g/mol. The van der Waals surface area contributed by atoms with Crippen LogP contribution in [-0.4, -0.2) is 40.4 Å². The number of anilines is 1. The van der Waals surface area contributed by atoms with E-state index in [0.717, 1.165) is 12.8 Å². The zero-order valence-electron chi connectivity index (χ0n) is 8.52. The van der Waals surface area contributed by atoms with Crippen LogP contribution in [-0.2, 0) is 4.74 Å². The van der Waals surface area contributed by atoms with Gasteiger partial charge in [0.25, 0.3) is 0 Å². The van der Waals surface area contributed by atoms with E-state index in [9.17, 15) is 5.11 Å². The van der Waals surface area contributed by atoms with E-state index in [2.05, 4.69) is 15.3 Å². The molecule has 1 aromatic heterocycles. The van der Waals surface area contributed by atoms with Gasteiger partial charge in [-0.15, -0.1) is 0 Å². The number of hydrogen-bond donors (Lipinski definition) is 2. The molecule has 5 nitrogen and oxygen atoms in total. The minimum atomic E-state index is -0.297. The average molecular weight is 209 g/mol. The predicted molar refractivity (Wildman–Crippen MR) is 55.5 cm³/mol. The van der Waals surface area contributed by atoms with Gasteiger partial charge in [-0.1, -0.05) is 0 Å². The first-order valence-corrected chi connectivity index (χ1v) is 5.07. The molecule has 1 aliphatic heterocycles. The maximum Gasteiger partial charge on any atom is 0.144 e. The Morgan fingerprint density at radius 1 is 1.40 bits per heavy atom. The molecule has 15 heavy (non-hydrogen) atoms. The first-order chi connectivity index (χ1) is 7.35. The normalized spacial score (nSPS) is 19.8. The Kier molecular flexibility index (Phi) is 3.13. The van der Waals surface area contributed by atoms with Gasteiger partial charge >= 0.3 is 0 Å². The van der Waals surface area contributed by atoms with Crippen LogP contribution >= 0.6 is 0 Å². The lowest BCUT2D eigenvalue weighted by Gasteiger charge is -2.36. The molecule has 1 aliphatic rings. The standard InChI is InChI=1S/C10H15N3O2/c14-8-10(1-5-15-6-2-10)13-9-7-11-3-4-12-9/h3-4,7,14H,1-2,5-6,8H2,(H,12,13). The van der Waals surface area contributed by atoms with E-state index >= 15 is 0 Å². The fourth-order valence-electron chi connectivity index (χ4n) is 1.72. The summed E-state index contributed by atoms with van der Waals surface area (Å²) in [6.45, 7) is 1.44. The van der Waals surface area contributed by atoms with E-state index in [1.54, 1.807) is 18.6 Å². The molecule has 82 valence electrons. The molecule has 0 bridgehead atoms. The van der Waals surface area contributed by atoms with Crippen LogP contribution in [0.4, 0.5) is 5.82 Å². The third kappa shape index (κ3) is 2.43. The molecule has 2 heterocycles. The van der Waals surface area contributed by atoms with Crippen molar-refractivity contribution in [3.63, 3.8) is 0 Å². The Morgan fingerprint density at radius 2 is 2.20 bits per heavy atom. The monoisotopic (exact) mass is 209 g/mol. The van der Waals surface area contributed by atoms with E-state index in [1.165, 1.54) is 0 Å². The van der Waals surface area contributed by atoms with Gasteiger partial charge in [-0.3, -0.25) is 4.98 Å². The van der Waals surface area contributed by atoms with Gasteiger partial charge in [0.1, 0.15) is 5.82 Å². The van der Waals surface area contributed by atoms with Gasteiger partial charge < -0.3 is 15.2 Å². The molecule has 5 heteroatoms. The van der Waals surface area contributed by atoms with Crippen LogP contribution < -0.4 is 5.32 Å². The lowest BCUT2D eigenvalue weighted by atomic mass is 9.91. The average Bonchev–Trinajstić information content (AvgIpc) is 2.32. The van der Waals surface area contributed by atoms with Crippen molar-refractivity contribution >= 4 is 5.82 Å². The summed E-state index contributed by atoms with van der Waals surface area (Å²) in [4.78, 5) is 8.12. The van der Waals surface area contributed by atoms with Gasteiger partial charge in [-0.25, -0.2) is 4.98 Å². The molecule has 0 spiro atoms. The highest BCUT2D eigenvalue weighted by molar-refractivity contribution is 5.34. The van der Waals surface area contributed by atoms with Crippen LogP contribution in [0.15, 0.2) is 18.6 Å². The molecule has 0 amide bonds. The Balaban J connectivity index is 2.07. The number of aliphatic hydroxyl groups excluding tert-OH is 1. The topological polar surface area (TPSA) is 67.3 Å². The highest BCUT2D eigenvalue weighted by Crippen LogP contribution is 2.24. The summed E-state index contributed by atoms with van der Waals surface area (Å²) in [5, 5.41) is 12.7. The largest absolute Gasteiger partial charge is 0.394 e. The minimum Gasteiger partial charge on any atom is -0.394 e. The van der Waals surface area contributed by atoms with Gasteiger partial charge in [0.2, 0.25) is 0 Å². The van der Waals surface area contributed by atoms with E-state index in [1.807, 2.05) is 0 Å². The summed E-state index contributed by atoms with van der Waals surface area (Å²) in [6.07, 6.45) is 6.50. The van der Waals surface area contributed by atoms with Crippen LogP contribution in [0.1, 0.15) is 12.8 Å². The van der Waals surface area contributed by atoms with E-state index in [4.69, 9.17) is 4.74 Å². The number of aliphatic hydroxyl groups is 1. The van der Waals surface area contributed by atoms with Gasteiger partial charge in [0.05, 0.1) is 18.3 Å². The number of ether oxygens (including phenoxy) is 1. The van der Waals surface area contributed by atoms with E-state index in [0.29, 0.717) is 19.0 Å². The van der Waals surface area contributed by atoms with Crippen molar-refractivity contribution in [2.75, 3.05) is 25.1 Å². The fourth-order valence-corrected chi connectivity index (χ4v) is 1.72. The van der Waals surface area contributed by atoms with Gasteiger partial charge in [0.15, 0.2) is 0 Å². The first kappa shape index (κ1) is 10.3. The number of nitrogens with zero attached hydrogens (tertiary/aromatic N) is 2. The highest BCUT2D eigenvalue weighted by Gasteiger charge is 2.32. The van der Waals surface area contributed by atoms with Gasteiger partial charge in [0, 0.05) is 25.6 Å². The molecule has 1 fully saturated rings. The maximum atomic E-state index is 9.44. The van der Waals surface area contributed by atoms with E-state index in [-0.39, 0.29) is 12.1 Å². The summed E-state index contributed by atoms with van der Waals surface area (Å²) in [5.74, 6) is 0.702. The Morgan fingerprint density at radius 3 is 2.80 bits per heavy atom. The molecule has 0 aliphatic carbocycles. The molecule has 0 aromatic carbocycles. The first-order valence-electron chi connectivity index (χ1n) is 5.07. The number of rotatable bonds is 3. The lowest BCUT2D eigenvalue weighted by molar-refractivity contribution is 0.0378. The van der Waals surface area contributed by atoms with Crippen LogP contribution in [0, 0.1) is 0 Å². The number of nitrogens with one attached hydrogen (secondary N) is 1. The second-order valence-corrected chi connectivity index (χ2v) is 3.77. The van der Waals surface area contributed by atoms with Crippen molar-refractivity contribution in [2.45, 2.75) is 18.4 Å². The molecule has 0 radical (unpaired) electrons. The van der Waals surface area contributed by atoms with Crippen molar-refractivity contribution < 1.29 is 9.84 Å². The third-order valence-electron chi connectivity index (χ3n) is 2.71. The Labute approximate surface area is 88.5 Å². The quantitative estimate of drug-likeness (QED) is 0.755. The number of hydrogen-bond acceptors (Lipinski definition) is 5. The zero-order chi connectivity index (χ0) is 10.6. The van der Waals surface area contributed by atoms with Gasteiger partial charge in [-0.2, -0.15) is 0 Å². The molecule has 0 saturated carbocycles. The van der Waals surface area contributed by atoms with Crippen LogP contribution in [0.5, 0.6) is 0 Å². The Bertz CT molecular complexity index is 299. The zero-order valence-corrected chi connectivity index (χ0v) is 8.52. The molecular formula is C10H15N3O2. The Hall–Kier alpha value is -1.20. The minimum absolute atomic E-state index is 0.0902. The second kappa shape index (κ2) is 4.55. The van der Waals surface area contributed by atoms with Crippen molar-refractivity contribution in [1.82, 2.24) is 9.97 Å². The predicted octanol–water partition coefficient (Wildman–Crippen LogP) is 0.430. The van der Waals surface area contributed by atoms with Crippen LogP contribution in [0.3, 0.4) is 0 Å². The second-order valence-electron chi connectivity index (χ2n) is 3.77. The summed E-state index contributed by atoms with van der Waals surface area (Å²) < 4.78 is 5.28. The highest BCUT2D eigenvalue weighted by atomic mass is 16.5. The summed E-state index contributed by atoms with van der Waals surface area (Å²) in [5.41, 5.74) is -0.297. The molecule has 1 saturated heterocycles. The summed E-state index contributed by atoms with van der Waals surface area (Å²) >= 11 is 0. The van der Waals surface area contributed by atoms with Crippen LogP contribution in [0.25, 0.3) is 0 Å². The molecule has 1 aromatic rings. The van der Waals surface area contributed by atoms with Crippen LogP contribution in [0.2, 0.25) is 0 Å². The van der Waals surface area contributed by atoms with Crippen molar-refractivity contribution in [2.24, 2.45) is 0 Å². The summed E-state index contributed by atoms with van der Waals surface area (Å²) in [6, 6.07) is 0. The van der Waals surface area contributed by atoms with Crippen molar-refractivity contribution in [3.8, 4) is 0 Å². The van der Waals surface area contributed by atoms with Crippen molar-refractivity contribution in [1.29, 1.82) is 0 Å². The van der Waals surface area contributed by atoms with Crippen molar-refractivity contribution in [3.05, 3.63) is 18.6 Å². The molecule has 0 unspecified atom stereocenters. The summed E-state index contributed by atoms with van der Waals surface area (Å²) in [7, 11) is 0. The van der Waals surface area contributed by atoms with Gasteiger partial charge in [-0.05, 0) is 12.8 Å². The fraction of sp³-hybridized carbons (Fsp3) is 0.600. The van der Waals surface area contributed by atoms with E-state index < -0.39 is 0 Å². The molecule has 2 N–H and O–H groups in total. The number of aromatic nitrogens is 2. The molecule has 0 atom stereocenters. The third-order valence-corrected chi connectivity index (χ3v) is 2.71. The molecule has 2 rings (SSSR count). The lowest BCUT2D eigenvalue weighted by Crippen LogP contribution is -2.47. The maximum absolute atomic E-state index is 9.44. The smallest absolute Gasteiger partial charge is 0.144 e. The SMILES string of the molecule is OCC1(Nc2cnccn2)CCOCC1.